The van der Waals surface area contributed by atoms with E-state index in [1.54, 1.807) is 22.9 Å². The zero-order valence-electron chi connectivity index (χ0n) is 16.0. The summed E-state index contributed by atoms with van der Waals surface area (Å²) in [6, 6.07) is 9.49. The first-order chi connectivity index (χ1) is 12.8. The zero-order valence-corrected chi connectivity index (χ0v) is 16.8. The van der Waals surface area contributed by atoms with Crippen molar-refractivity contribution < 1.29 is 9.59 Å². The van der Waals surface area contributed by atoms with Crippen molar-refractivity contribution in [1.82, 2.24) is 20.0 Å². The maximum absolute atomic E-state index is 12.7. The van der Waals surface area contributed by atoms with E-state index >= 15 is 0 Å². The van der Waals surface area contributed by atoms with Crippen LogP contribution in [0, 0.1) is 0 Å². The molecule has 0 bridgehead atoms. The van der Waals surface area contributed by atoms with Crippen molar-refractivity contribution in [2.75, 3.05) is 11.6 Å². The molecule has 1 fully saturated rings. The SMILES string of the molecule is CC(C)(C)NC(=O)C1CSCN1C(=O)CCc1cnn(-c2ccccc2)c1. The van der Waals surface area contributed by atoms with E-state index in [0.29, 0.717) is 24.5 Å². The van der Waals surface area contributed by atoms with Gasteiger partial charge in [-0.05, 0) is 44.9 Å². The second kappa shape index (κ2) is 8.17. The van der Waals surface area contributed by atoms with Crippen molar-refractivity contribution in [2.45, 2.75) is 45.2 Å². The van der Waals surface area contributed by atoms with E-state index in [1.165, 1.54) is 0 Å². The van der Waals surface area contributed by atoms with E-state index in [4.69, 9.17) is 0 Å². The molecule has 0 spiro atoms. The highest BCUT2D eigenvalue weighted by atomic mass is 32.2. The first kappa shape index (κ1) is 19.5. The highest BCUT2D eigenvalue weighted by Crippen LogP contribution is 2.23. The van der Waals surface area contributed by atoms with Crippen LogP contribution in [-0.4, -0.2) is 49.7 Å². The van der Waals surface area contributed by atoms with Crippen molar-refractivity contribution in [3.05, 3.63) is 48.3 Å². The lowest BCUT2D eigenvalue weighted by atomic mass is 10.1. The summed E-state index contributed by atoms with van der Waals surface area (Å²) in [5.74, 6) is 1.17. The van der Waals surface area contributed by atoms with E-state index in [0.717, 1.165) is 11.3 Å². The van der Waals surface area contributed by atoms with Crippen LogP contribution < -0.4 is 5.32 Å². The number of thioether (sulfide) groups is 1. The van der Waals surface area contributed by atoms with Crippen molar-refractivity contribution in [3.8, 4) is 5.69 Å². The molecule has 144 valence electrons. The van der Waals surface area contributed by atoms with Gasteiger partial charge in [0.25, 0.3) is 0 Å². The number of hydrogen-bond donors (Lipinski definition) is 1. The smallest absolute Gasteiger partial charge is 0.244 e. The molecule has 6 nitrogen and oxygen atoms in total. The predicted molar refractivity (Wildman–Crippen MR) is 108 cm³/mol. The molecule has 0 radical (unpaired) electrons. The first-order valence-electron chi connectivity index (χ1n) is 9.12. The Kier molecular flexibility index (Phi) is 5.89. The molecule has 7 heteroatoms. The molecular weight excluding hydrogens is 360 g/mol. The van der Waals surface area contributed by atoms with Crippen LogP contribution in [0.15, 0.2) is 42.7 Å². The number of carbonyl (C=O) groups is 2. The quantitative estimate of drug-likeness (QED) is 0.858. The van der Waals surface area contributed by atoms with Gasteiger partial charge in [-0.15, -0.1) is 11.8 Å². The Balaban J connectivity index is 1.57. The molecule has 1 saturated heterocycles. The van der Waals surface area contributed by atoms with Gasteiger partial charge in [0.2, 0.25) is 11.8 Å². The molecule has 2 amide bonds. The van der Waals surface area contributed by atoms with E-state index in [-0.39, 0.29) is 23.4 Å². The number of carbonyl (C=O) groups excluding carboxylic acids is 2. The van der Waals surface area contributed by atoms with Gasteiger partial charge in [0.15, 0.2) is 0 Å². The second-order valence-electron chi connectivity index (χ2n) is 7.75. The van der Waals surface area contributed by atoms with Gasteiger partial charge in [-0.25, -0.2) is 4.68 Å². The Morgan fingerprint density at radius 1 is 1.26 bits per heavy atom. The van der Waals surface area contributed by atoms with Crippen LogP contribution in [0.4, 0.5) is 0 Å². The average molecular weight is 387 g/mol. The molecule has 1 aromatic carbocycles. The summed E-state index contributed by atoms with van der Waals surface area (Å²) < 4.78 is 1.81. The number of nitrogens with one attached hydrogen (secondary N) is 1. The Hall–Kier alpha value is -2.28. The fraction of sp³-hybridized carbons (Fsp3) is 0.450. The van der Waals surface area contributed by atoms with Crippen molar-refractivity contribution in [3.63, 3.8) is 0 Å². The van der Waals surface area contributed by atoms with Crippen molar-refractivity contribution in [1.29, 1.82) is 0 Å². The summed E-state index contributed by atoms with van der Waals surface area (Å²) in [4.78, 5) is 26.9. The standard InChI is InChI=1S/C20H26N4O2S/c1-20(2,3)22-19(26)17-13-27-14-23(17)18(25)10-9-15-11-21-24(12-15)16-7-5-4-6-8-16/h4-8,11-12,17H,9-10,13-14H2,1-3H3,(H,22,26). The number of aromatic nitrogens is 2. The first-order valence-corrected chi connectivity index (χ1v) is 10.3. The predicted octanol–water partition coefficient (Wildman–Crippen LogP) is 2.62. The van der Waals surface area contributed by atoms with Crippen LogP contribution in [-0.2, 0) is 16.0 Å². The lowest BCUT2D eigenvalue weighted by molar-refractivity contribution is -0.138. The zero-order chi connectivity index (χ0) is 19.4. The molecule has 1 aromatic heterocycles. The maximum atomic E-state index is 12.7. The fourth-order valence-electron chi connectivity index (χ4n) is 2.96. The van der Waals surface area contributed by atoms with E-state index in [9.17, 15) is 9.59 Å². The number of benzene rings is 1. The lowest BCUT2D eigenvalue weighted by Crippen LogP contribution is -2.52. The summed E-state index contributed by atoms with van der Waals surface area (Å²) in [5, 5.41) is 7.35. The highest BCUT2D eigenvalue weighted by Gasteiger charge is 2.35. The monoisotopic (exact) mass is 386 g/mol. The van der Waals surface area contributed by atoms with E-state index in [1.807, 2.05) is 62.0 Å². The maximum Gasteiger partial charge on any atom is 0.244 e. The molecule has 0 saturated carbocycles. The van der Waals surface area contributed by atoms with Crippen LogP contribution in [0.1, 0.15) is 32.8 Å². The highest BCUT2D eigenvalue weighted by molar-refractivity contribution is 7.99. The van der Waals surface area contributed by atoms with Gasteiger partial charge in [0.05, 0.1) is 17.8 Å². The summed E-state index contributed by atoms with van der Waals surface area (Å²) in [6.45, 7) is 5.84. The van der Waals surface area contributed by atoms with Gasteiger partial charge >= 0.3 is 0 Å². The fourth-order valence-corrected chi connectivity index (χ4v) is 4.15. The summed E-state index contributed by atoms with van der Waals surface area (Å²) in [7, 11) is 0. The molecule has 1 unspecified atom stereocenters. The minimum Gasteiger partial charge on any atom is -0.350 e. The van der Waals surface area contributed by atoms with Crippen molar-refractivity contribution in [2.24, 2.45) is 0 Å². The minimum atomic E-state index is -0.381. The largest absolute Gasteiger partial charge is 0.350 e. The van der Waals surface area contributed by atoms with E-state index in [2.05, 4.69) is 10.4 Å². The molecule has 27 heavy (non-hydrogen) atoms. The van der Waals surface area contributed by atoms with Gasteiger partial charge in [0.1, 0.15) is 6.04 Å². The van der Waals surface area contributed by atoms with Gasteiger partial charge in [0, 0.05) is 23.9 Å². The molecular formula is C20H26N4O2S. The number of rotatable bonds is 5. The number of nitrogens with zero attached hydrogens (tertiary/aromatic N) is 3. The Bertz CT molecular complexity index is 798. The molecule has 2 heterocycles. The number of hydrogen-bond acceptors (Lipinski definition) is 4. The van der Waals surface area contributed by atoms with Crippen LogP contribution in [0.25, 0.3) is 5.69 Å². The molecule has 3 rings (SSSR count). The average Bonchev–Trinajstić information content (AvgIpc) is 3.28. The molecule has 0 aliphatic carbocycles. The van der Waals surface area contributed by atoms with Gasteiger partial charge in [-0.3, -0.25) is 9.59 Å². The summed E-state index contributed by atoms with van der Waals surface area (Å²) in [5.41, 5.74) is 1.70. The number of aryl methyl sites for hydroxylation is 1. The molecule has 1 aliphatic rings. The van der Waals surface area contributed by atoms with Crippen molar-refractivity contribution >= 4 is 23.6 Å². The van der Waals surface area contributed by atoms with Gasteiger partial charge in [-0.2, -0.15) is 5.10 Å². The molecule has 1 atom stereocenters. The normalized spacial score (nSPS) is 17.1. The molecule has 1 N–H and O–H groups in total. The third kappa shape index (κ3) is 5.13. The van der Waals surface area contributed by atoms with E-state index < -0.39 is 0 Å². The number of para-hydroxylation sites is 1. The Morgan fingerprint density at radius 2 is 2.00 bits per heavy atom. The third-order valence-electron chi connectivity index (χ3n) is 4.29. The second-order valence-corrected chi connectivity index (χ2v) is 8.75. The Morgan fingerprint density at radius 3 is 2.70 bits per heavy atom. The van der Waals surface area contributed by atoms with Crippen LogP contribution >= 0.6 is 11.8 Å². The summed E-state index contributed by atoms with van der Waals surface area (Å²) in [6.07, 6.45) is 4.73. The molecule has 2 aromatic rings. The van der Waals surface area contributed by atoms with Crippen LogP contribution in [0.5, 0.6) is 0 Å². The Labute approximate surface area is 164 Å². The van der Waals surface area contributed by atoms with Gasteiger partial charge < -0.3 is 10.2 Å². The third-order valence-corrected chi connectivity index (χ3v) is 5.30. The van der Waals surface area contributed by atoms with Crippen LogP contribution in [0.3, 0.4) is 0 Å². The summed E-state index contributed by atoms with van der Waals surface area (Å²) >= 11 is 1.62. The topological polar surface area (TPSA) is 67.2 Å². The minimum absolute atomic E-state index is 0.0153. The van der Waals surface area contributed by atoms with Crippen LogP contribution in [0.2, 0.25) is 0 Å². The lowest BCUT2D eigenvalue weighted by Gasteiger charge is -2.27. The van der Waals surface area contributed by atoms with Gasteiger partial charge in [-0.1, -0.05) is 18.2 Å². The number of amides is 2. The molecule has 1 aliphatic heterocycles.